The van der Waals surface area contributed by atoms with E-state index >= 15 is 0 Å². The van der Waals surface area contributed by atoms with Crippen molar-refractivity contribution in [1.82, 2.24) is 9.78 Å². The van der Waals surface area contributed by atoms with Crippen molar-refractivity contribution in [2.24, 2.45) is 7.05 Å². The summed E-state index contributed by atoms with van der Waals surface area (Å²) in [5.41, 5.74) is 3.09. The Kier molecular flexibility index (Phi) is 5.24. The molecule has 0 spiro atoms. The van der Waals surface area contributed by atoms with Gasteiger partial charge in [-0.3, -0.25) is 4.68 Å². The van der Waals surface area contributed by atoms with Gasteiger partial charge in [0.05, 0.1) is 22.0 Å². The summed E-state index contributed by atoms with van der Waals surface area (Å²) in [7, 11) is 1.91. The molecule has 0 aliphatic carbocycles. The van der Waals surface area contributed by atoms with Crippen LogP contribution < -0.4 is 0 Å². The van der Waals surface area contributed by atoms with Crippen molar-refractivity contribution in [2.45, 2.75) is 32.3 Å². The largest absolute Gasteiger partial charge is 0.392 e. The molecular formula is C15H18BrClN2O. The number of halogens is 2. The van der Waals surface area contributed by atoms with Gasteiger partial charge in [-0.05, 0) is 46.5 Å². The average molecular weight is 358 g/mol. The molecule has 0 saturated carbocycles. The molecule has 1 heterocycles. The van der Waals surface area contributed by atoms with Crippen LogP contribution in [0.15, 0.2) is 28.7 Å². The SMILES string of the molecule is CCc1nn(C)c(CC(O)Cc2cccc(Cl)c2)c1Br. The van der Waals surface area contributed by atoms with Crippen molar-refractivity contribution in [1.29, 1.82) is 0 Å². The van der Waals surface area contributed by atoms with Gasteiger partial charge in [-0.25, -0.2) is 0 Å². The Labute approximate surface area is 132 Å². The Balaban J connectivity index is 2.08. The van der Waals surface area contributed by atoms with Crippen molar-refractivity contribution in [3.05, 3.63) is 50.7 Å². The first kappa shape index (κ1) is 15.5. The monoisotopic (exact) mass is 356 g/mol. The van der Waals surface area contributed by atoms with Gasteiger partial charge in [-0.2, -0.15) is 5.10 Å². The van der Waals surface area contributed by atoms with Gasteiger partial charge in [0.2, 0.25) is 0 Å². The number of hydrogen-bond donors (Lipinski definition) is 1. The summed E-state index contributed by atoms with van der Waals surface area (Å²) in [6, 6.07) is 7.60. The smallest absolute Gasteiger partial charge is 0.0766 e. The van der Waals surface area contributed by atoms with Gasteiger partial charge in [0.15, 0.2) is 0 Å². The highest BCUT2D eigenvalue weighted by Gasteiger charge is 2.16. The van der Waals surface area contributed by atoms with Crippen molar-refractivity contribution < 1.29 is 5.11 Å². The molecule has 5 heteroatoms. The van der Waals surface area contributed by atoms with E-state index in [1.807, 2.05) is 36.0 Å². The first-order valence-electron chi connectivity index (χ1n) is 6.64. The van der Waals surface area contributed by atoms with E-state index < -0.39 is 6.10 Å². The van der Waals surface area contributed by atoms with Crippen LogP contribution in [0.1, 0.15) is 23.9 Å². The number of benzene rings is 1. The van der Waals surface area contributed by atoms with Crippen LogP contribution in [0.5, 0.6) is 0 Å². The number of hydrogen-bond acceptors (Lipinski definition) is 2. The fraction of sp³-hybridized carbons (Fsp3) is 0.400. The molecule has 0 radical (unpaired) electrons. The fourth-order valence-electron chi connectivity index (χ4n) is 2.27. The standard InChI is InChI=1S/C15H18BrClN2O/c1-3-13-15(16)14(19(2)18-13)9-12(20)8-10-5-4-6-11(17)7-10/h4-7,12,20H,3,8-9H2,1-2H3. The molecule has 1 unspecified atom stereocenters. The van der Waals surface area contributed by atoms with E-state index in [9.17, 15) is 5.11 Å². The maximum Gasteiger partial charge on any atom is 0.0766 e. The predicted octanol–water partition coefficient (Wildman–Crippen LogP) is 3.54. The average Bonchev–Trinajstić information content (AvgIpc) is 2.66. The first-order valence-corrected chi connectivity index (χ1v) is 7.81. The Morgan fingerprint density at radius 1 is 1.40 bits per heavy atom. The number of rotatable bonds is 5. The molecule has 20 heavy (non-hydrogen) atoms. The van der Waals surface area contributed by atoms with E-state index in [1.165, 1.54) is 0 Å². The van der Waals surface area contributed by atoms with E-state index in [2.05, 4.69) is 28.0 Å². The molecule has 0 bridgehead atoms. The summed E-state index contributed by atoms with van der Waals surface area (Å²) in [6.07, 6.45) is 1.57. The van der Waals surface area contributed by atoms with Crippen molar-refractivity contribution >= 4 is 27.5 Å². The van der Waals surface area contributed by atoms with Crippen LogP contribution >= 0.6 is 27.5 Å². The van der Waals surface area contributed by atoms with Crippen molar-refractivity contribution in [3.63, 3.8) is 0 Å². The quantitative estimate of drug-likeness (QED) is 0.889. The second-order valence-electron chi connectivity index (χ2n) is 4.88. The lowest BCUT2D eigenvalue weighted by molar-refractivity contribution is 0.172. The lowest BCUT2D eigenvalue weighted by Crippen LogP contribution is -2.16. The third-order valence-electron chi connectivity index (χ3n) is 3.29. The normalized spacial score (nSPS) is 12.7. The molecule has 3 nitrogen and oxygen atoms in total. The number of aliphatic hydroxyl groups is 1. The second kappa shape index (κ2) is 6.74. The molecule has 2 aromatic rings. The topological polar surface area (TPSA) is 38.0 Å². The molecule has 2 rings (SSSR count). The van der Waals surface area contributed by atoms with Gasteiger partial charge in [0.1, 0.15) is 0 Å². The van der Waals surface area contributed by atoms with Crippen molar-refractivity contribution in [2.75, 3.05) is 0 Å². The van der Waals surface area contributed by atoms with Gasteiger partial charge in [0, 0.05) is 18.5 Å². The lowest BCUT2D eigenvalue weighted by Gasteiger charge is -2.11. The third kappa shape index (κ3) is 3.62. The first-order chi connectivity index (χ1) is 9.51. The zero-order chi connectivity index (χ0) is 14.7. The second-order valence-corrected chi connectivity index (χ2v) is 6.11. The van der Waals surface area contributed by atoms with Gasteiger partial charge < -0.3 is 5.11 Å². The predicted molar refractivity (Wildman–Crippen MR) is 85.2 cm³/mol. The van der Waals surface area contributed by atoms with Crippen LogP contribution in [-0.2, 0) is 26.3 Å². The van der Waals surface area contributed by atoms with Crippen LogP contribution in [0.25, 0.3) is 0 Å². The number of aliphatic hydroxyl groups excluding tert-OH is 1. The van der Waals surface area contributed by atoms with Gasteiger partial charge in [-0.1, -0.05) is 30.7 Å². The highest BCUT2D eigenvalue weighted by atomic mass is 79.9. The van der Waals surface area contributed by atoms with Gasteiger partial charge >= 0.3 is 0 Å². The minimum absolute atomic E-state index is 0.454. The molecule has 0 aliphatic rings. The highest BCUT2D eigenvalue weighted by molar-refractivity contribution is 9.10. The van der Waals surface area contributed by atoms with E-state index in [0.29, 0.717) is 17.9 Å². The van der Waals surface area contributed by atoms with Gasteiger partial charge in [-0.15, -0.1) is 0 Å². The number of aromatic nitrogens is 2. The minimum Gasteiger partial charge on any atom is -0.392 e. The third-order valence-corrected chi connectivity index (χ3v) is 4.44. The summed E-state index contributed by atoms with van der Waals surface area (Å²) in [5, 5.41) is 15.4. The molecule has 1 aromatic heterocycles. The molecule has 1 atom stereocenters. The number of nitrogens with zero attached hydrogens (tertiary/aromatic N) is 2. The van der Waals surface area contributed by atoms with Crippen LogP contribution in [0.2, 0.25) is 5.02 Å². The zero-order valence-electron chi connectivity index (χ0n) is 11.6. The summed E-state index contributed by atoms with van der Waals surface area (Å²) in [4.78, 5) is 0. The Morgan fingerprint density at radius 2 is 2.15 bits per heavy atom. The lowest BCUT2D eigenvalue weighted by atomic mass is 10.0. The molecule has 1 aromatic carbocycles. The van der Waals surface area contributed by atoms with Crippen LogP contribution in [0.3, 0.4) is 0 Å². The van der Waals surface area contributed by atoms with E-state index in [-0.39, 0.29) is 0 Å². The summed E-state index contributed by atoms with van der Waals surface area (Å²) in [5.74, 6) is 0. The Bertz CT molecular complexity index is 598. The molecule has 0 saturated heterocycles. The summed E-state index contributed by atoms with van der Waals surface area (Å²) in [6.45, 7) is 2.07. The number of aryl methyl sites for hydroxylation is 2. The highest BCUT2D eigenvalue weighted by Crippen LogP contribution is 2.23. The molecule has 0 aliphatic heterocycles. The molecule has 0 amide bonds. The van der Waals surface area contributed by atoms with Crippen molar-refractivity contribution in [3.8, 4) is 0 Å². The fourth-order valence-corrected chi connectivity index (χ4v) is 3.26. The maximum absolute atomic E-state index is 10.3. The zero-order valence-corrected chi connectivity index (χ0v) is 13.9. The molecular weight excluding hydrogens is 340 g/mol. The Hall–Kier alpha value is -0.840. The van der Waals surface area contributed by atoms with Gasteiger partial charge in [0.25, 0.3) is 0 Å². The maximum atomic E-state index is 10.3. The van der Waals surface area contributed by atoms with E-state index in [1.54, 1.807) is 0 Å². The molecule has 0 fully saturated rings. The minimum atomic E-state index is -0.454. The Morgan fingerprint density at radius 3 is 2.75 bits per heavy atom. The molecule has 1 N–H and O–H groups in total. The van der Waals surface area contributed by atoms with Crippen LogP contribution in [0.4, 0.5) is 0 Å². The summed E-state index contributed by atoms with van der Waals surface area (Å²) >= 11 is 9.53. The van der Waals surface area contributed by atoms with E-state index in [0.717, 1.165) is 27.8 Å². The van der Waals surface area contributed by atoms with E-state index in [4.69, 9.17) is 11.6 Å². The van der Waals surface area contributed by atoms with Crippen LogP contribution in [0, 0.1) is 0 Å². The van der Waals surface area contributed by atoms with Crippen LogP contribution in [-0.4, -0.2) is 21.0 Å². The molecule has 108 valence electrons. The summed E-state index contributed by atoms with van der Waals surface area (Å²) < 4.78 is 2.84.